The highest BCUT2D eigenvalue weighted by atomic mass is 35.5. The molecule has 0 aliphatic rings. The predicted octanol–water partition coefficient (Wildman–Crippen LogP) is 3.66. The minimum atomic E-state index is -0.381. The lowest BCUT2D eigenvalue weighted by Gasteiger charge is -2.24. The molecule has 0 bridgehead atoms. The van der Waals surface area contributed by atoms with E-state index < -0.39 is 0 Å². The van der Waals surface area contributed by atoms with Crippen LogP contribution in [0.3, 0.4) is 0 Å². The molecule has 5 nitrogen and oxygen atoms in total. The number of rotatable bonds is 6. The van der Waals surface area contributed by atoms with Crippen molar-refractivity contribution in [2.24, 2.45) is 0 Å². The molecule has 0 atom stereocenters. The number of benzene rings is 1. The minimum Gasteiger partial charge on any atom is -0.348 e. The third kappa shape index (κ3) is 3.39. The molecule has 6 heteroatoms. The molecule has 1 aromatic carbocycles. The maximum atomic E-state index is 12.8. The second kappa shape index (κ2) is 7.54. The summed E-state index contributed by atoms with van der Waals surface area (Å²) in [6.45, 7) is 6.57. The van der Waals surface area contributed by atoms with Crippen LogP contribution in [0, 0.1) is 6.92 Å². The quantitative estimate of drug-likeness (QED) is 0.493. The molecular formula is C20H18ClN3O2. The topological polar surface area (TPSA) is 54.7 Å². The van der Waals surface area contributed by atoms with E-state index in [-0.39, 0.29) is 11.1 Å². The van der Waals surface area contributed by atoms with E-state index in [9.17, 15) is 9.59 Å². The van der Waals surface area contributed by atoms with Crippen LogP contribution in [0.4, 0.5) is 5.82 Å². The highest BCUT2D eigenvalue weighted by Gasteiger charge is 2.18. The number of aldehydes is 1. The number of aryl methyl sites for hydroxylation is 1. The number of carbonyl (C=O) groups is 1. The van der Waals surface area contributed by atoms with Crippen LogP contribution < -0.4 is 10.5 Å². The first-order chi connectivity index (χ1) is 12.5. The van der Waals surface area contributed by atoms with Gasteiger partial charge in [0.15, 0.2) is 6.29 Å². The first-order valence-corrected chi connectivity index (χ1v) is 8.50. The second-order valence-corrected chi connectivity index (χ2v) is 6.39. The molecule has 0 amide bonds. The molecule has 0 N–H and O–H groups in total. The third-order valence-corrected chi connectivity index (χ3v) is 4.37. The van der Waals surface area contributed by atoms with Gasteiger partial charge in [0.2, 0.25) is 0 Å². The molecule has 3 aromatic rings. The lowest BCUT2D eigenvalue weighted by molar-refractivity contribution is 0.112. The summed E-state index contributed by atoms with van der Waals surface area (Å²) < 4.78 is 1.40. The van der Waals surface area contributed by atoms with Crippen molar-refractivity contribution in [1.82, 2.24) is 9.38 Å². The summed E-state index contributed by atoms with van der Waals surface area (Å²) in [5, 5.41) is 0.648. The number of aromatic nitrogens is 2. The molecule has 0 aliphatic carbocycles. The fourth-order valence-electron chi connectivity index (χ4n) is 2.84. The van der Waals surface area contributed by atoms with Crippen LogP contribution in [0.15, 0.2) is 60.0 Å². The molecule has 0 spiro atoms. The Labute approximate surface area is 156 Å². The van der Waals surface area contributed by atoms with Crippen LogP contribution in [0.1, 0.15) is 21.5 Å². The number of anilines is 1. The Kier molecular flexibility index (Phi) is 5.19. The first-order valence-electron chi connectivity index (χ1n) is 8.12. The number of hydrogen-bond donors (Lipinski definition) is 0. The van der Waals surface area contributed by atoms with E-state index in [1.165, 1.54) is 4.40 Å². The largest absolute Gasteiger partial charge is 0.348 e. The fraction of sp³-hybridized carbons (Fsp3) is 0.150. The maximum Gasteiger partial charge on any atom is 0.270 e. The van der Waals surface area contributed by atoms with Crippen molar-refractivity contribution in [3.63, 3.8) is 0 Å². The average molecular weight is 368 g/mol. The average Bonchev–Trinajstić information content (AvgIpc) is 2.64. The Morgan fingerprint density at radius 2 is 2.00 bits per heavy atom. The SMILES string of the molecule is C=CCN(Cc1ccc(Cl)cc1)c1nc2c(C)cccn2c(=O)c1C=O. The highest BCUT2D eigenvalue weighted by Crippen LogP contribution is 2.20. The Bertz CT molecular complexity index is 1030. The van der Waals surface area contributed by atoms with Gasteiger partial charge >= 0.3 is 0 Å². The number of halogens is 1. The van der Waals surface area contributed by atoms with Crippen LogP contribution in [-0.2, 0) is 6.54 Å². The Morgan fingerprint density at radius 1 is 1.27 bits per heavy atom. The minimum absolute atomic E-state index is 0.0314. The van der Waals surface area contributed by atoms with Gasteiger partial charge in [0.25, 0.3) is 5.56 Å². The van der Waals surface area contributed by atoms with Crippen LogP contribution in [-0.4, -0.2) is 22.2 Å². The monoisotopic (exact) mass is 367 g/mol. The van der Waals surface area contributed by atoms with E-state index in [1.54, 1.807) is 30.5 Å². The van der Waals surface area contributed by atoms with Crippen LogP contribution in [0.2, 0.25) is 5.02 Å². The first kappa shape index (κ1) is 17.9. The molecule has 0 saturated heterocycles. The fourth-order valence-corrected chi connectivity index (χ4v) is 2.96. The van der Waals surface area contributed by atoms with E-state index in [4.69, 9.17) is 11.6 Å². The third-order valence-electron chi connectivity index (χ3n) is 4.12. The van der Waals surface area contributed by atoms with Crippen molar-refractivity contribution in [3.8, 4) is 0 Å². The van der Waals surface area contributed by atoms with E-state index >= 15 is 0 Å². The molecule has 132 valence electrons. The summed E-state index contributed by atoms with van der Waals surface area (Å²) >= 11 is 5.95. The van der Waals surface area contributed by atoms with Crippen molar-refractivity contribution in [2.75, 3.05) is 11.4 Å². The van der Waals surface area contributed by atoms with E-state index in [1.807, 2.05) is 30.0 Å². The number of carbonyl (C=O) groups excluding carboxylic acids is 1. The molecule has 0 radical (unpaired) electrons. The Morgan fingerprint density at radius 3 is 2.65 bits per heavy atom. The van der Waals surface area contributed by atoms with Crippen molar-refractivity contribution in [2.45, 2.75) is 13.5 Å². The molecular weight excluding hydrogens is 350 g/mol. The van der Waals surface area contributed by atoms with Gasteiger partial charge in [-0.3, -0.25) is 14.0 Å². The maximum absolute atomic E-state index is 12.8. The van der Waals surface area contributed by atoms with Gasteiger partial charge in [-0.05, 0) is 36.2 Å². The Hall–Kier alpha value is -2.92. The zero-order valence-electron chi connectivity index (χ0n) is 14.4. The zero-order chi connectivity index (χ0) is 18.7. The van der Waals surface area contributed by atoms with E-state index in [0.717, 1.165) is 11.1 Å². The number of hydrogen-bond acceptors (Lipinski definition) is 4. The molecule has 2 heterocycles. The molecule has 0 unspecified atom stereocenters. The molecule has 3 rings (SSSR count). The van der Waals surface area contributed by atoms with Crippen LogP contribution >= 0.6 is 11.6 Å². The van der Waals surface area contributed by atoms with Crippen molar-refractivity contribution in [1.29, 1.82) is 0 Å². The van der Waals surface area contributed by atoms with Gasteiger partial charge in [0.05, 0.1) is 0 Å². The predicted molar refractivity (Wildman–Crippen MR) is 104 cm³/mol. The summed E-state index contributed by atoms with van der Waals surface area (Å²) in [6.07, 6.45) is 3.90. The van der Waals surface area contributed by atoms with Gasteiger partial charge in [-0.2, -0.15) is 0 Å². The number of nitrogens with zero attached hydrogens (tertiary/aromatic N) is 3. The summed E-state index contributed by atoms with van der Waals surface area (Å²) in [7, 11) is 0. The van der Waals surface area contributed by atoms with Gasteiger partial charge in [0, 0.05) is 24.3 Å². The molecule has 26 heavy (non-hydrogen) atoms. The van der Waals surface area contributed by atoms with Gasteiger partial charge in [-0.1, -0.05) is 35.9 Å². The van der Waals surface area contributed by atoms with Gasteiger partial charge in [-0.25, -0.2) is 4.98 Å². The second-order valence-electron chi connectivity index (χ2n) is 5.95. The molecule has 2 aromatic heterocycles. The van der Waals surface area contributed by atoms with Crippen molar-refractivity contribution in [3.05, 3.63) is 87.3 Å². The van der Waals surface area contributed by atoms with E-state index in [2.05, 4.69) is 11.6 Å². The summed E-state index contributed by atoms with van der Waals surface area (Å²) in [6, 6.07) is 11.0. The molecule has 0 fully saturated rings. The Balaban J connectivity index is 2.16. The standard InChI is InChI=1S/C20H18ClN3O2/c1-3-10-23(12-15-6-8-16(21)9-7-15)19-17(13-25)20(26)24-11-4-5-14(2)18(24)22-19/h3-9,11,13H,1,10,12H2,2H3. The lowest BCUT2D eigenvalue weighted by atomic mass is 10.2. The highest BCUT2D eigenvalue weighted by molar-refractivity contribution is 6.30. The molecule has 0 saturated carbocycles. The van der Waals surface area contributed by atoms with Crippen molar-refractivity contribution >= 4 is 29.4 Å². The van der Waals surface area contributed by atoms with Gasteiger partial charge in [-0.15, -0.1) is 6.58 Å². The number of fused-ring (bicyclic) bond motifs is 1. The van der Waals surface area contributed by atoms with Gasteiger partial charge < -0.3 is 4.90 Å². The summed E-state index contributed by atoms with van der Waals surface area (Å²) in [5.41, 5.74) is 2.02. The van der Waals surface area contributed by atoms with E-state index in [0.29, 0.717) is 35.9 Å². The number of pyridine rings is 1. The summed E-state index contributed by atoms with van der Waals surface area (Å²) in [5.74, 6) is 0.356. The van der Waals surface area contributed by atoms with Gasteiger partial charge in [0.1, 0.15) is 17.0 Å². The summed E-state index contributed by atoms with van der Waals surface area (Å²) in [4.78, 5) is 30.9. The van der Waals surface area contributed by atoms with Crippen molar-refractivity contribution < 1.29 is 4.79 Å². The smallest absolute Gasteiger partial charge is 0.270 e. The van der Waals surface area contributed by atoms with Crippen LogP contribution in [0.25, 0.3) is 5.65 Å². The molecule has 0 aliphatic heterocycles. The normalized spacial score (nSPS) is 10.7. The lowest BCUT2D eigenvalue weighted by Crippen LogP contribution is -2.30. The zero-order valence-corrected chi connectivity index (χ0v) is 15.1. The van der Waals surface area contributed by atoms with Crippen LogP contribution in [0.5, 0.6) is 0 Å².